The highest BCUT2D eigenvalue weighted by molar-refractivity contribution is 6.30. The minimum atomic E-state index is 0.0736. The molecule has 0 radical (unpaired) electrons. The Bertz CT molecular complexity index is 352. The van der Waals surface area contributed by atoms with E-state index in [4.69, 9.17) is 16.7 Å². The van der Waals surface area contributed by atoms with E-state index in [2.05, 4.69) is 17.3 Å². The number of hydrogen-bond donors (Lipinski definition) is 2. The number of hydrogen-bond acceptors (Lipinski definition) is 3. The van der Waals surface area contributed by atoms with E-state index >= 15 is 0 Å². The molecule has 17 heavy (non-hydrogen) atoms. The molecule has 0 saturated carbocycles. The topological polar surface area (TPSA) is 50.1 Å². The van der Waals surface area contributed by atoms with Crippen molar-refractivity contribution >= 4 is 11.6 Å². The van der Waals surface area contributed by atoms with Gasteiger partial charge in [-0.1, -0.05) is 24.9 Å². The number of nitrogens with one attached hydrogen (secondary N) is 1. The van der Waals surface area contributed by atoms with Crippen LogP contribution >= 0.6 is 11.6 Å². The molecule has 0 unspecified atom stereocenters. The summed E-state index contributed by atoms with van der Waals surface area (Å²) in [7, 11) is 0. The number of aryl methyl sites for hydroxylation is 2. The van der Waals surface area contributed by atoms with E-state index < -0.39 is 0 Å². The third-order valence-corrected chi connectivity index (χ3v) is 3.23. The number of aliphatic hydroxyl groups excluding tert-OH is 1. The van der Waals surface area contributed by atoms with Crippen LogP contribution in [0, 0.1) is 6.92 Å². The summed E-state index contributed by atoms with van der Waals surface area (Å²) >= 11 is 6.29. The van der Waals surface area contributed by atoms with Gasteiger partial charge >= 0.3 is 0 Å². The molecule has 1 aromatic rings. The lowest BCUT2D eigenvalue weighted by Crippen LogP contribution is -2.28. The zero-order valence-electron chi connectivity index (χ0n) is 10.8. The first-order valence-corrected chi connectivity index (χ1v) is 6.54. The maximum absolute atomic E-state index is 8.96. The van der Waals surface area contributed by atoms with Crippen LogP contribution in [0.2, 0.25) is 5.15 Å². The predicted octanol–water partition coefficient (Wildman–Crippen LogP) is 2.12. The fraction of sp³-hybridized carbons (Fsp3) is 0.750. The van der Waals surface area contributed by atoms with Gasteiger partial charge in [-0.3, -0.25) is 4.68 Å². The van der Waals surface area contributed by atoms with E-state index in [-0.39, 0.29) is 12.6 Å². The third kappa shape index (κ3) is 3.98. The van der Waals surface area contributed by atoms with Crippen LogP contribution in [0.15, 0.2) is 0 Å². The molecule has 4 nitrogen and oxygen atoms in total. The van der Waals surface area contributed by atoms with Gasteiger partial charge in [-0.2, -0.15) is 5.10 Å². The molecule has 0 aliphatic rings. The van der Waals surface area contributed by atoms with Gasteiger partial charge in [0.05, 0.1) is 12.3 Å². The van der Waals surface area contributed by atoms with Gasteiger partial charge in [0.1, 0.15) is 5.15 Å². The van der Waals surface area contributed by atoms with Gasteiger partial charge in [0.25, 0.3) is 0 Å². The number of aliphatic hydroxyl groups is 1. The van der Waals surface area contributed by atoms with Crippen molar-refractivity contribution in [2.24, 2.45) is 0 Å². The second-order valence-electron chi connectivity index (χ2n) is 4.40. The van der Waals surface area contributed by atoms with E-state index in [1.807, 2.05) is 18.5 Å². The average molecular weight is 260 g/mol. The molecule has 0 aliphatic heterocycles. The number of nitrogens with zero attached hydrogens (tertiary/aromatic N) is 2. The first-order chi connectivity index (χ1) is 8.10. The van der Waals surface area contributed by atoms with Crippen molar-refractivity contribution in [3.63, 3.8) is 0 Å². The molecule has 1 atom stereocenters. The molecular weight excluding hydrogens is 238 g/mol. The van der Waals surface area contributed by atoms with Crippen LogP contribution < -0.4 is 5.32 Å². The van der Waals surface area contributed by atoms with E-state index in [0.29, 0.717) is 11.7 Å². The summed E-state index contributed by atoms with van der Waals surface area (Å²) in [5.41, 5.74) is 1.99. The van der Waals surface area contributed by atoms with Crippen LogP contribution in [-0.4, -0.2) is 27.5 Å². The average Bonchev–Trinajstić information content (AvgIpc) is 2.59. The molecule has 2 N–H and O–H groups in total. The van der Waals surface area contributed by atoms with Crippen molar-refractivity contribution in [2.75, 3.05) is 6.61 Å². The number of halogens is 1. The summed E-state index contributed by atoms with van der Waals surface area (Å²) in [6.45, 7) is 7.69. The first-order valence-electron chi connectivity index (χ1n) is 6.16. The summed E-state index contributed by atoms with van der Waals surface area (Å²) in [6, 6.07) is 0.0736. The van der Waals surface area contributed by atoms with Crippen molar-refractivity contribution in [3.05, 3.63) is 16.4 Å². The standard InChI is InChI=1S/C12H22ClN3O/c1-4-5-6-16-12(13)11(10(3)15-16)7-14-9(2)8-17/h9,14,17H,4-8H2,1-3H3/t9-/m1/s1. The molecule has 5 heteroatoms. The maximum Gasteiger partial charge on any atom is 0.131 e. The quantitative estimate of drug-likeness (QED) is 0.789. The van der Waals surface area contributed by atoms with E-state index in [0.717, 1.165) is 30.6 Å². The van der Waals surface area contributed by atoms with Crippen LogP contribution in [0.5, 0.6) is 0 Å². The normalized spacial score (nSPS) is 13.0. The maximum atomic E-state index is 8.96. The number of rotatable bonds is 7. The Labute approximate surface area is 108 Å². The predicted molar refractivity (Wildman–Crippen MR) is 70.3 cm³/mol. The van der Waals surface area contributed by atoms with Crippen LogP contribution in [0.25, 0.3) is 0 Å². The molecule has 1 aromatic heterocycles. The van der Waals surface area contributed by atoms with Gasteiger partial charge in [0.15, 0.2) is 0 Å². The summed E-state index contributed by atoms with van der Waals surface area (Å²) in [4.78, 5) is 0. The molecular formula is C12H22ClN3O. The highest BCUT2D eigenvalue weighted by Gasteiger charge is 2.13. The Kier molecular flexibility index (Phi) is 5.95. The summed E-state index contributed by atoms with van der Waals surface area (Å²) in [6.07, 6.45) is 2.21. The lowest BCUT2D eigenvalue weighted by Gasteiger charge is -2.10. The molecule has 1 heterocycles. The van der Waals surface area contributed by atoms with Gasteiger partial charge in [-0.05, 0) is 20.3 Å². The summed E-state index contributed by atoms with van der Waals surface area (Å²) in [5.74, 6) is 0. The Morgan fingerprint density at radius 2 is 2.24 bits per heavy atom. The molecule has 0 amide bonds. The Balaban J connectivity index is 2.68. The molecule has 0 saturated heterocycles. The van der Waals surface area contributed by atoms with Gasteiger partial charge in [-0.15, -0.1) is 0 Å². The zero-order valence-corrected chi connectivity index (χ0v) is 11.6. The molecule has 0 bridgehead atoms. The molecule has 0 spiro atoms. The smallest absolute Gasteiger partial charge is 0.131 e. The van der Waals surface area contributed by atoms with E-state index in [9.17, 15) is 0 Å². The summed E-state index contributed by atoms with van der Waals surface area (Å²) in [5, 5.41) is 17.3. The van der Waals surface area contributed by atoms with Crippen LogP contribution in [0.4, 0.5) is 0 Å². The van der Waals surface area contributed by atoms with E-state index in [1.54, 1.807) is 0 Å². The lowest BCUT2D eigenvalue weighted by atomic mass is 10.2. The van der Waals surface area contributed by atoms with Crippen LogP contribution in [0.1, 0.15) is 37.9 Å². The van der Waals surface area contributed by atoms with Gasteiger partial charge < -0.3 is 10.4 Å². The van der Waals surface area contributed by atoms with Crippen LogP contribution in [0.3, 0.4) is 0 Å². The minimum Gasteiger partial charge on any atom is -0.395 e. The molecule has 0 aliphatic carbocycles. The SMILES string of the molecule is CCCCn1nc(C)c(CN[C@H](C)CO)c1Cl. The molecule has 98 valence electrons. The van der Waals surface area contributed by atoms with Gasteiger partial charge in [0.2, 0.25) is 0 Å². The number of aromatic nitrogens is 2. The Morgan fingerprint density at radius 3 is 2.82 bits per heavy atom. The fourth-order valence-electron chi connectivity index (χ4n) is 1.59. The molecule has 0 fully saturated rings. The Morgan fingerprint density at radius 1 is 1.53 bits per heavy atom. The van der Waals surface area contributed by atoms with E-state index in [1.165, 1.54) is 0 Å². The highest BCUT2D eigenvalue weighted by Crippen LogP contribution is 2.20. The second-order valence-corrected chi connectivity index (χ2v) is 4.75. The molecule has 0 aromatic carbocycles. The third-order valence-electron chi connectivity index (χ3n) is 2.81. The minimum absolute atomic E-state index is 0.0736. The van der Waals surface area contributed by atoms with Gasteiger partial charge in [0, 0.05) is 24.7 Å². The lowest BCUT2D eigenvalue weighted by molar-refractivity contribution is 0.251. The van der Waals surface area contributed by atoms with Crippen LogP contribution in [-0.2, 0) is 13.1 Å². The van der Waals surface area contributed by atoms with Crippen molar-refractivity contribution in [3.8, 4) is 0 Å². The summed E-state index contributed by atoms with van der Waals surface area (Å²) < 4.78 is 1.86. The monoisotopic (exact) mass is 259 g/mol. The highest BCUT2D eigenvalue weighted by atomic mass is 35.5. The van der Waals surface area contributed by atoms with Crippen molar-refractivity contribution < 1.29 is 5.11 Å². The Hall–Kier alpha value is -0.580. The zero-order chi connectivity index (χ0) is 12.8. The molecule has 1 rings (SSSR count). The fourth-order valence-corrected chi connectivity index (χ4v) is 1.91. The first kappa shape index (κ1) is 14.5. The number of unbranched alkanes of at least 4 members (excludes halogenated alkanes) is 1. The van der Waals surface area contributed by atoms with Crippen molar-refractivity contribution in [1.82, 2.24) is 15.1 Å². The second kappa shape index (κ2) is 6.99. The van der Waals surface area contributed by atoms with Gasteiger partial charge in [-0.25, -0.2) is 0 Å². The van der Waals surface area contributed by atoms with Crippen molar-refractivity contribution in [1.29, 1.82) is 0 Å². The van der Waals surface area contributed by atoms with Crippen molar-refractivity contribution in [2.45, 2.75) is 52.7 Å². The largest absolute Gasteiger partial charge is 0.395 e.